The monoisotopic (exact) mass is 484 g/mol. The van der Waals surface area contributed by atoms with E-state index in [0.717, 1.165) is 30.1 Å². The van der Waals surface area contributed by atoms with E-state index in [2.05, 4.69) is 0 Å². The Morgan fingerprint density at radius 2 is 1.56 bits per heavy atom. The zero-order valence-corrected chi connectivity index (χ0v) is 18.8. The van der Waals surface area contributed by atoms with Crippen LogP contribution in [0.25, 0.3) is 17.5 Å². The number of benzene rings is 2. The van der Waals surface area contributed by atoms with Crippen molar-refractivity contribution in [2.45, 2.75) is 5.92 Å². The average Bonchev–Trinajstić information content (AvgIpc) is 3.15. The highest BCUT2D eigenvalue weighted by Crippen LogP contribution is 2.38. The first-order valence-corrected chi connectivity index (χ1v) is 10.7. The van der Waals surface area contributed by atoms with E-state index in [1.165, 1.54) is 48.5 Å². The van der Waals surface area contributed by atoms with Gasteiger partial charge in [-0.1, -0.05) is 36.4 Å². The number of methoxy groups -OCH3 is 2. The lowest BCUT2D eigenvalue weighted by Crippen LogP contribution is -2.41. The molecule has 2 heterocycles. The van der Waals surface area contributed by atoms with Crippen LogP contribution in [-0.2, 0) is 19.1 Å². The second kappa shape index (κ2) is 9.06. The highest BCUT2D eigenvalue weighted by Gasteiger charge is 2.40. The summed E-state index contributed by atoms with van der Waals surface area (Å²) >= 11 is 0.848. The zero-order valence-electron chi connectivity index (χ0n) is 18.0. The average molecular weight is 484 g/mol. The molecule has 1 aromatic heterocycles. The molecule has 4 rings (SSSR count). The van der Waals surface area contributed by atoms with Gasteiger partial charge in [0.05, 0.1) is 35.8 Å². The third kappa shape index (κ3) is 3.71. The number of carbonyl (C=O) groups excluding carboxylic acids is 2. The van der Waals surface area contributed by atoms with E-state index in [-0.39, 0.29) is 37.3 Å². The number of hydrogen-bond donors (Lipinski definition) is 1. The van der Waals surface area contributed by atoms with E-state index in [0.29, 0.717) is 0 Å². The molecule has 7 nitrogen and oxygen atoms in total. The van der Waals surface area contributed by atoms with Gasteiger partial charge in [0.2, 0.25) is 0 Å². The summed E-state index contributed by atoms with van der Waals surface area (Å²) in [4.78, 5) is 39.0. The Balaban J connectivity index is 2.17. The fourth-order valence-electron chi connectivity index (χ4n) is 3.82. The molecule has 0 fully saturated rings. The molecule has 34 heavy (non-hydrogen) atoms. The van der Waals surface area contributed by atoms with Crippen LogP contribution in [0.5, 0.6) is 0 Å². The van der Waals surface area contributed by atoms with Crippen molar-refractivity contribution in [3.05, 3.63) is 96.4 Å². The van der Waals surface area contributed by atoms with E-state index in [9.17, 15) is 23.2 Å². The molecule has 10 heteroatoms. The number of aromatic nitrogens is 1. The van der Waals surface area contributed by atoms with Crippen LogP contribution in [0.2, 0.25) is 0 Å². The molecule has 2 aromatic carbocycles. The van der Waals surface area contributed by atoms with Crippen LogP contribution in [0.3, 0.4) is 0 Å². The van der Waals surface area contributed by atoms with Crippen LogP contribution in [0.4, 0.5) is 8.78 Å². The van der Waals surface area contributed by atoms with Gasteiger partial charge in [-0.05, 0) is 18.2 Å². The second-order valence-corrected chi connectivity index (χ2v) is 8.26. The first-order valence-electron chi connectivity index (χ1n) is 9.93. The Morgan fingerprint density at radius 1 is 0.971 bits per heavy atom. The number of nitrogens with two attached hydrogens (primary N) is 1. The summed E-state index contributed by atoms with van der Waals surface area (Å²) in [7, 11) is 2.22. The van der Waals surface area contributed by atoms with Crippen molar-refractivity contribution in [1.29, 1.82) is 0 Å². The van der Waals surface area contributed by atoms with Crippen molar-refractivity contribution in [1.82, 2.24) is 4.57 Å². The maximum absolute atomic E-state index is 14.9. The molecule has 0 amide bonds. The number of fused-ring (bicyclic) bond motifs is 1. The number of ether oxygens (including phenoxy) is 2. The molecule has 1 aliphatic heterocycles. The molecular formula is C24H18F2N2O5S. The van der Waals surface area contributed by atoms with Crippen LogP contribution in [0.15, 0.2) is 58.9 Å². The molecule has 0 spiro atoms. The van der Waals surface area contributed by atoms with Crippen LogP contribution < -0.4 is 20.5 Å². The SMILES string of the molecule is COC(=O)C1=C(N)n2c(s/c(=C\c3ccccc3F)c2=O)=C(C(=O)OC)C1c1ccccc1F. The fraction of sp³-hybridized carbons (Fsp3) is 0.125. The third-order valence-electron chi connectivity index (χ3n) is 5.37. The summed E-state index contributed by atoms with van der Waals surface area (Å²) in [5, 5.41) is 0. The first-order chi connectivity index (χ1) is 16.3. The number of thiazole rings is 1. The number of esters is 2. The number of hydrogen-bond acceptors (Lipinski definition) is 7. The molecule has 0 bridgehead atoms. The highest BCUT2D eigenvalue weighted by atomic mass is 32.1. The summed E-state index contributed by atoms with van der Waals surface area (Å²) in [6, 6.07) is 11.4. The largest absolute Gasteiger partial charge is 0.466 e. The molecule has 0 saturated carbocycles. The third-order valence-corrected chi connectivity index (χ3v) is 6.48. The van der Waals surface area contributed by atoms with Gasteiger partial charge in [0.1, 0.15) is 22.1 Å². The van der Waals surface area contributed by atoms with Crippen LogP contribution in [0.1, 0.15) is 17.0 Å². The number of nitrogens with zero attached hydrogens (tertiary/aromatic N) is 1. The minimum absolute atomic E-state index is 0.0296. The number of carbonyl (C=O) groups is 2. The van der Waals surface area contributed by atoms with Gasteiger partial charge < -0.3 is 15.2 Å². The van der Waals surface area contributed by atoms with Crippen molar-refractivity contribution < 1.29 is 27.8 Å². The highest BCUT2D eigenvalue weighted by molar-refractivity contribution is 7.07. The molecule has 174 valence electrons. The molecule has 2 N–H and O–H groups in total. The molecule has 3 aromatic rings. The van der Waals surface area contributed by atoms with Gasteiger partial charge in [-0.3, -0.25) is 9.36 Å². The van der Waals surface area contributed by atoms with Crippen molar-refractivity contribution in [2.75, 3.05) is 14.2 Å². The van der Waals surface area contributed by atoms with Gasteiger partial charge in [-0.25, -0.2) is 18.4 Å². The summed E-state index contributed by atoms with van der Waals surface area (Å²) < 4.78 is 39.9. The van der Waals surface area contributed by atoms with Crippen molar-refractivity contribution in [2.24, 2.45) is 5.73 Å². The lowest BCUT2D eigenvalue weighted by atomic mass is 9.83. The fourth-order valence-corrected chi connectivity index (χ4v) is 4.98. The van der Waals surface area contributed by atoms with Crippen molar-refractivity contribution in [3.63, 3.8) is 0 Å². The van der Waals surface area contributed by atoms with Crippen molar-refractivity contribution >= 4 is 40.7 Å². The first kappa shape index (κ1) is 23.1. The van der Waals surface area contributed by atoms with Crippen LogP contribution in [0, 0.1) is 11.6 Å². The Kier molecular flexibility index (Phi) is 6.16. The summed E-state index contributed by atoms with van der Waals surface area (Å²) in [6.45, 7) is 0. The van der Waals surface area contributed by atoms with E-state index in [1.54, 1.807) is 6.07 Å². The Morgan fingerprint density at radius 3 is 2.18 bits per heavy atom. The summed E-state index contributed by atoms with van der Waals surface area (Å²) in [5.41, 5.74) is 5.22. The van der Waals surface area contributed by atoms with Gasteiger partial charge >= 0.3 is 11.9 Å². The molecule has 0 radical (unpaired) electrons. The number of rotatable bonds is 4. The molecule has 1 atom stereocenters. The van der Waals surface area contributed by atoms with Gasteiger partial charge in [-0.2, -0.15) is 0 Å². The quantitative estimate of drug-likeness (QED) is 0.563. The summed E-state index contributed by atoms with van der Waals surface area (Å²) in [5.74, 6) is -4.73. The molecule has 0 saturated heterocycles. The van der Waals surface area contributed by atoms with Crippen LogP contribution >= 0.6 is 11.3 Å². The lowest BCUT2D eigenvalue weighted by Gasteiger charge is -2.26. The van der Waals surface area contributed by atoms with E-state index < -0.39 is 35.1 Å². The molecule has 1 unspecified atom stereocenters. The normalized spacial score (nSPS) is 15.8. The van der Waals surface area contributed by atoms with E-state index in [1.807, 2.05) is 0 Å². The number of halogens is 2. The van der Waals surface area contributed by atoms with E-state index in [4.69, 9.17) is 15.2 Å². The standard InChI is InChI=1S/C24H18F2N2O5S/c1-32-23(30)18-17(13-8-4-6-10-15(13)26)19(24(31)33-2)22-28(20(18)27)21(29)16(34-22)11-12-7-3-5-9-14(12)25/h3-11,17H,27H2,1-2H3/b16-11-. The zero-order chi connectivity index (χ0) is 24.6. The molecular weight excluding hydrogens is 466 g/mol. The van der Waals surface area contributed by atoms with Crippen LogP contribution in [-0.4, -0.2) is 30.7 Å². The maximum atomic E-state index is 14.9. The Bertz CT molecular complexity index is 1540. The minimum Gasteiger partial charge on any atom is -0.466 e. The van der Waals surface area contributed by atoms with Gasteiger partial charge in [0.25, 0.3) is 5.56 Å². The smallest absolute Gasteiger partial charge is 0.338 e. The maximum Gasteiger partial charge on any atom is 0.338 e. The molecule has 1 aliphatic rings. The van der Waals surface area contributed by atoms with Gasteiger partial charge in [0.15, 0.2) is 0 Å². The predicted molar refractivity (Wildman–Crippen MR) is 122 cm³/mol. The molecule has 0 aliphatic carbocycles. The summed E-state index contributed by atoms with van der Waals surface area (Å²) in [6.07, 6.45) is 1.31. The van der Waals surface area contributed by atoms with Crippen molar-refractivity contribution in [3.8, 4) is 0 Å². The predicted octanol–water partition coefficient (Wildman–Crippen LogP) is 1.44. The van der Waals surface area contributed by atoms with Gasteiger partial charge in [-0.15, -0.1) is 11.3 Å². The van der Waals surface area contributed by atoms with E-state index >= 15 is 0 Å². The Hall–Kier alpha value is -4.05. The van der Waals surface area contributed by atoms with Gasteiger partial charge in [0, 0.05) is 11.1 Å². The second-order valence-electron chi connectivity index (χ2n) is 7.23. The Labute approximate surface area is 195 Å². The minimum atomic E-state index is -1.31. The lowest BCUT2D eigenvalue weighted by molar-refractivity contribution is -0.136. The topological polar surface area (TPSA) is 101 Å².